The Balaban J connectivity index is 2.27. The number of aromatic hydroxyl groups is 1. The van der Waals surface area contributed by atoms with Crippen molar-refractivity contribution in [2.45, 2.75) is 18.8 Å². The van der Waals surface area contributed by atoms with Crippen molar-refractivity contribution < 1.29 is 10.0 Å². The molecule has 1 aromatic rings. The van der Waals surface area contributed by atoms with Crippen molar-refractivity contribution in [2.24, 2.45) is 0 Å². The van der Waals surface area contributed by atoms with Crippen molar-refractivity contribution in [3.05, 3.63) is 33.9 Å². The second-order valence-electron chi connectivity index (χ2n) is 4.55. The number of phenolic OH excluding ortho intramolecular Hbond substituents is 1. The number of nitrogens with zero attached hydrogens (tertiary/aromatic N) is 2. The Morgan fingerprint density at radius 3 is 2.65 bits per heavy atom. The van der Waals surface area contributed by atoms with E-state index in [0.717, 1.165) is 25.9 Å². The van der Waals surface area contributed by atoms with Crippen molar-refractivity contribution in [3.8, 4) is 5.75 Å². The molecule has 5 heteroatoms. The van der Waals surface area contributed by atoms with Crippen LogP contribution in [-0.4, -0.2) is 35.1 Å². The lowest BCUT2D eigenvalue weighted by Crippen LogP contribution is -2.29. The minimum atomic E-state index is -0.534. The minimum absolute atomic E-state index is 0.160. The van der Waals surface area contributed by atoms with Crippen LogP contribution in [0.1, 0.15) is 24.3 Å². The normalized spacial score (nSPS) is 18.2. The molecule has 0 atom stereocenters. The van der Waals surface area contributed by atoms with Gasteiger partial charge in [0.1, 0.15) is 0 Å². The van der Waals surface area contributed by atoms with Gasteiger partial charge in [-0.1, -0.05) is 12.1 Å². The molecule has 2 rings (SSSR count). The summed E-state index contributed by atoms with van der Waals surface area (Å²) < 4.78 is 0. The van der Waals surface area contributed by atoms with Crippen LogP contribution in [0.2, 0.25) is 0 Å². The van der Waals surface area contributed by atoms with E-state index in [1.807, 2.05) is 0 Å². The fourth-order valence-electron chi connectivity index (χ4n) is 2.35. The summed E-state index contributed by atoms with van der Waals surface area (Å²) in [5.74, 6) is 0.0677. The zero-order valence-electron chi connectivity index (χ0n) is 9.80. The Hall–Kier alpha value is -1.62. The van der Waals surface area contributed by atoms with Crippen LogP contribution in [0.25, 0.3) is 0 Å². The molecule has 0 radical (unpaired) electrons. The Kier molecular flexibility index (Phi) is 3.28. The second-order valence-corrected chi connectivity index (χ2v) is 4.55. The molecule has 0 aromatic heterocycles. The Morgan fingerprint density at radius 1 is 1.41 bits per heavy atom. The maximum Gasteiger partial charge on any atom is 0.310 e. The molecule has 0 unspecified atom stereocenters. The van der Waals surface area contributed by atoms with E-state index in [0.29, 0.717) is 5.56 Å². The Bertz CT molecular complexity index is 426. The van der Waals surface area contributed by atoms with Gasteiger partial charge in [-0.3, -0.25) is 10.1 Å². The first kappa shape index (κ1) is 11.9. The van der Waals surface area contributed by atoms with E-state index < -0.39 is 4.92 Å². The van der Waals surface area contributed by atoms with Gasteiger partial charge < -0.3 is 10.0 Å². The number of likely N-dealkylation sites (tertiary alicyclic amines) is 1. The van der Waals surface area contributed by atoms with Crippen LogP contribution >= 0.6 is 0 Å². The van der Waals surface area contributed by atoms with E-state index in [9.17, 15) is 15.2 Å². The molecule has 17 heavy (non-hydrogen) atoms. The number of para-hydroxylation sites is 1. The van der Waals surface area contributed by atoms with Crippen LogP contribution in [-0.2, 0) is 0 Å². The van der Waals surface area contributed by atoms with Gasteiger partial charge in [0.05, 0.1) is 4.92 Å². The summed E-state index contributed by atoms with van der Waals surface area (Å²) in [5.41, 5.74) is 0.522. The van der Waals surface area contributed by atoms with Crippen molar-refractivity contribution in [3.63, 3.8) is 0 Å². The summed E-state index contributed by atoms with van der Waals surface area (Å²) >= 11 is 0. The fourth-order valence-corrected chi connectivity index (χ4v) is 2.35. The predicted molar refractivity (Wildman–Crippen MR) is 64.2 cm³/mol. The highest BCUT2D eigenvalue weighted by Crippen LogP contribution is 2.38. The number of hydrogen-bond acceptors (Lipinski definition) is 4. The maximum atomic E-state index is 10.7. The van der Waals surface area contributed by atoms with Crippen molar-refractivity contribution in [1.82, 2.24) is 4.90 Å². The average Bonchev–Trinajstić information content (AvgIpc) is 2.30. The molecule has 5 nitrogen and oxygen atoms in total. The quantitative estimate of drug-likeness (QED) is 0.630. The molecule has 0 bridgehead atoms. The number of nitro groups is 1. The van der Waals surface area contributed by atoms with Gasteiger partial charge in [0.2, 0.25) is 0 Å². The molecule has 1 fully saturated rings. The third kappa shape index (κ3) is 2.39. The third-order valence-electron chi connectivity index (χ3n) is 3.40. The molecule has 0 aliphatic carbocycles. The lowest BCUT2D eigenvalue weighted by molar-refractivity contribution is -0.386. The highest BCUT2D eigenvalue weighted by Gasteiger charge is 2.25. The van der Waals surface area contributed by atoms with E-state index in [2.05, 4.69) is 11.9 Å². The minimum Gasteiger partial charge on any atom is -0.502 e. The third-order valence-corrected chi connectivity index (χ3v) is 3.40. The summed E-state index contributed by atoms with van der Waals surface area (Å²) in [6.45, 7) is 1.93. The first-order chi connectivity index (χ1) is 8.09. The van der Waals surface area contributed by atoms with Crippen LogP contribution < -0.4 is 0 Å². The second kappa shape index (κ2) is 4.71. The van der Waals surface area contributed by atoms with Crippen molar-refractivity contribution in [2.75, 3.05) is 20.1 Å². The van der Waals surface area contributed by atoms with E-state index in [4.69, 9.17) is 0 Å². The molecular weight excluding hydrogens is 220 g/mol. The number of benzene rings is 1. The SMILES string of the molecule is CN1CCC(c2cccc([N+](=O)[O-])c2O)CC1. The van der Waals surface area contributed by atoms with E-state index in [1.165, 1.54) is 6.07 Å². The Morgan fingerprint density at radius 2 is 2.06 bits per heavy atom. The Labute approximate surface area is 99.8 Å². The molecule has 0 saturated carbocycles. The fraction of sp³-hybridized carbons (Fsp3) is 0.500. The van der Waals surface area contributed by atoms with Gasteiger partial charge in [-0.25, -0.2) is 0 Å². The number of phenols is 1. The standard InChI is InChI=1S/C12H16N2O3/c1-13-7-5-9(6-8-13)10-3-2-4-11(12(10)15)14(16)17/h2-4,9,15H,5-8H2,1H3. The number of rotatable bonds is 2. The van der Waals surface area contributed by atoms with Crippen LogP contribution in [0.4, 0.5) is 5.69 Å². The first-order valence-electron chi connectivity index (χ1n) is 5.74. The summed E-state index contributed by atoms with van der Waals surface area (Å²) in [6.07, 6.45) is 1.87. The lowest BCUT2D eigenvalue weighted by Gasteiger charge is -2.29. The molecule has 0 amide bonds. The van der Waals surface area contributed by atoms with Crippen LogP contribution in [0.15, 0.2) is 18.2 Å². The molecule has 1 heterocycles. The molecule has 1 N–H and O–H groups in total. The number of nitro benzene ring substituents is 1. The van der Waals surface area contributed by atoms with Gasteiger partial charge in [-0.05, 0) is 38.9 Å². The lowest BCUT2D eigenvalue weighted by atomic mass is 9.88. The van der Waals surface area contributed by atoms with Crippen molar-refractivity contribution >= 4 is 5.69 Å². The number of piperidine rings is 1. The molecular formula is C12H16N2O3. The van der Waals surface area contributed by atoms with Gasteiger partial charge in [0.25, 0.3) is 0 Å². The van der Waals surface area contributed by atoms with Crippen LogP contribution in [0, 0.1) is 10.1 Å². The summed E-state index contributed by atoms with van der Waals surface area (Å²) in [7, 11) is 2.06. The topological polar surface area (TPSA) is 66.6 Å². The highest BCUT2D eigenvalue weighted by molar-refractivity contribution is 5.52. The molecule has 1 saturated heterocycles. The zero-order valence-corrected chi connectivity index (χ0v) is 9.80. The average molecular weight is 236 g/mol. The first-order valence-corrected chi connectivity index (χ1v) is 5.74. The van der Waals surface area contributed by atoms with E-state index in [1.54, 1.807) is 12.1 Å². The predicted octanol–water partition coefficient (Wildman–Crippen LogP) is 2.11. The molecule has 0 spiro atoms. The highest BCUT2D eigenvalue weighted by atomic mass is 16.6. The van der Waals surface area contributed by atoms with Crippen LogP contribution in [0.3, 0.4) is 0 Å². The summed E-state index contributed by atoms with van der Waals surface area (Å²) in [4.78, 5) is 12.4. The van der Waals surface area contributed by atoms with Gasteiger partial charge in [0, 0.05) is 11.6 Å². The zero-order chi connectivity index (χ0) is 12.4. The summed E-state index contributed by atoms with van der Waals surface area (Å²) in [6, 6.07) is 4.78. The van der Waals surface area contributed by atoms with Crippen LogP contribution in [0.5, 0.6) is 5.75 Å². The van der Waals surface area contributed by atoms with E-state index >= 15 is 0 Å². The largest absolute Gasteiger partial charge is 0.502 e. The van der Waals surface area contributed by atoms with E-state index in [-0.39, 0.29) is 17.4 Å². The van der Waals surface area contributed by atoms with Gasteiger partial charge in [-0.2, -0.15) is 0 Å². The number of hydrogen-bond donors (Lipinski definition) is 1. The van der Waals surface area contributed by atoms with Gasteiger partial charge >= 0.3 is 5.69 Å². The smallest absolute Gasteiger partial charge is 0.310 e. The molecule has 1 aliphatic rings. The molecule has 92 valence electrons. The molecule has 1 aromatic carbocycles. The maximum absolute atomic E-state index is 10.7. The van der Waals surface area contributed by atoms with Gasteiger partial charge in [0.15, 0.2) is 5.75 Å². The van der Waals surface area contributed by atoms with Crippen molar-refractivity contribution in [1.29, 1.82) is 0 Å². The monoisotopic (exact) mass is 236 g/mol. The molecule has 1 aliphatic heterocycles. The summed E-state index contributed by atoms with van der Waals surface area (Å²) in [5, 5.41) is 20.7. The van der Waals surface area contributed by atoms with Gasteiger partial charge in [-0.15, -0.1) is 0 Å².